The zero-order chi connectivity index (χ0) is 33.4. The van der Waals surface area contributed by atoms with Crippen LogP contribution < -0.4 is 0 Å². The molecule has 42 heavy (non-hydrogen) atoms. The van der Waals surface area contributed by atoms with E-state index in [1.165, 1.54) is 20.5 Å². The van der Waals surface area contributed by atoms with E-state index in [2.05, 4.69) is 13.2 Å². The summed E-state index contributed by atoms with van der Waals surface area (Å²) in [6.07, 6.45) is -0.687. The van der Waals surface area contributed by atoms with E-state index in [1.807, 2.05) is 0 Å². The molecule has 0 saturated heterocycles. The number of ether oxygens (including phenoxy) is 3. The summed E-state index contributed by atoms with van der Waals surface area (Å²) in [5.41, 5.74) is -1.39. The Morgan fingerprint density at radius 3 is 1.50 bits per heavy atom. The SMILES string of the molecule is C=C(C)C(=O)OCC(C)(CO)COC(=O)CCP(C)(=O)O.C=C(C)C(=O)OCC(C)(CO)COP(C)(=O)CCC(=O)O. The molecule has 0 aromatic rings. The fraction of sp³-hybridized carbons (Fsp3) is 0.692. The quantitative estimate of drug-likeness (QED) is 0.0687. The van der Waals surface area contributed by atoms with Crippen LogP contribution in [0, 0.1) is 10.8 Å². The summed E-state index contributed by atoms with van der Waals surface area (Å²) in [6.45, 7) is 14.4. The van der Waals surface area contributed by atoms with Gasteiger partial charge in [0.15, 0.2) is 7.37 Å². The highest BCUT2D eigenvalue weighted by Gasteiger charge is 2.30. The van der Waals surface area contributed by atoms with E-state index in [0.29, 0.717) is 0 Å². The Morgan fingerprint density at radius 1 is 0.738 bits per heavy atom. The number of aliphatic hydroxyl groups is 2. The van der Waals surface area contributed by atoms with Gasteiger partial charge in [-0.05, 0) is 13.8 Å². The normalized spacial score (nSPS) is 16.5. The predicted molar refractivity (Wildman–Crippen MR) is 155 cm³/mol. The first-order chi connectivity index (χ1) is 19.0. The number of hydrogen-bond acceptors (Lipinski definition) is 12. The molecule has 0 saturated carbocycles. The van der Waals surface area contributed by atoms with Crippen molar-refractivity contribution in [3.8, 4) is 0 Å². The fourth-order valence-electron chi connectivity index (χ4n) is 2.27. The average molecular weight is 645 g/mol. The van der Waals surface area contributed by atoms with Crippen molar-refractivity contribution in [2.75, 3.05) is 65.3 Å². The number of carbonyl (C=O) groups is 4. The van der Waals surface area contributed by atoms with Crippen molar-refractivity contribution in [2.45, 2.75) is 40.5 Å². The van der Waals surface area contributed by atoms with Crippen molar-refractivity contribution in [3.05, 3.63) is 24.3 Å². The monoisotopic (exact) mass is 644 g/mol. The van der Waals surface area contributed by atoms with Gasteiger partial charge in [0, 0.05) is 42.2 Å². The molecule has 0 heterocycles. The van der Waals surface area contributed by atoms with Crippen molar-refractivity contribution in [2.24, 2.45) is 10.8 Å². The number of esters is 3. The molecule has 0 fully saturated rings. The third kappa shape index (κ3) is 21.4. The fourth-order valence-corrected chi connectivity index (χ4v) is 4.18. The lowest BCUT2D eigenvalue weighted by Crippen LogP contribution is -2.35. The number of aliphatic hydroxyl groups excluding tert-OH is 2. The molecular formula is C26H46O14P2. The third-order valence-electron chi connectivity index (χ3n) is 5.29. The summed E-state index contributed by atoms with van der Waals surface area (Å²) in [6, 6.07) is 0. The molecule has 0 aromatic heterocycles. The van der Waals surface area contributed by atoms with Gasteiger partial charge in [-0.3, -0.25) is 18.7 Å². The molecule has 4 unspecified atom stereocenters. The van der Waals surface area contributed by atoms with Crippen LogP contribution in [0.2, 0.25) is 0 Å². The second-order valence-electron chi connectivity index (χ2n) is 11.0. The average Bonchev–Trinajstić information content (AvgIpc) is 2.90. The van der Waals surface area contributed by atoms with Crippen molar-refractivity contribution in [3.63, 3.8) is 0 Å². The second-order valence-corrected chi connectivity index (χ2v) is 16.3. The predicted octanol–water partition coefficient (Wildman–Crippen LogP) is 2.44. The van der Waals surface area contributed by atoms with Crippen LogP contribution in [0.3, 0.4) is 0 Å². The summed E-state index contributed by atoms with van der Waals surface area (Å²) in [7, 11) is -6.33. The standard InChI is InChI=1S/2C13H23O7P/c1-10(2)12(16)20-9-13(3,7-14)8-19-11(15)5-6-21(4,17)18;1-10(2)12(17)19-8-13(3,7-14)9-20-21(4,18)6-5-11(15)16/h14H,1,5-9H2,2-4H3,(H,17,18);14H,1,5-9H2,2-4H3,(H,15,16). The molecule has 244 valence electrons. The van der Waals surface area contributed by atoms with Crippen LogP contribution in [0.5, 0.6) is 0 Å². The second kappa shape index (κ2) is 19.0. The minimum absolute atomic E-state index is 0.0879. The molecule has 4 atom stereocenters. The Balaban J connectivity index is 0. The molecule has 16 heteroatoms. The molecule has 0 bridgehead atoms. The molecule has 0 aliphatic rings. The van der Waals surface area contributed by atoms with Crippen LogP contribution in [0.25, 0.3) is 0 Å². The van der Waals surface area contributed by atoms with Crippen LogP contribution in [0.4, 0.5) is 0 Å². The molecule has 0 aliphatic heterocycles. The Labute approximate surface area is 247 Å². The number of carbonyl (C=O) groups excluding carboxylic acids is 3. The van der Waals surface area contributed by atoms with Crippen LogP contribution in [0.1, 0.15) is 40.5 Å². The lowest BCUT2D eigenvalue weighted by molar-refractivity contribution is -0.153. The van der Waals surface area contributed by atoms with Gasteiger partial charge in [0.1, 0.15) is 19.8 Å². The Hall–Kier alpha value is -2.34. The van der Waals surface area contributed by atoms with Gasteiger partial charge in [0.05, 0.1) is 38.1 Å². The molecule has 0 spiro atoms. The first-order valence-electron chi connectivity index (χ1n) is 12.7. The molecule has 0 radical (unpaired) electrons. The van der Waals surface area contributed by atoms with E-state index in [1.54, 1.807) is 13.8 Å². The van der Waals surface area contributed by atoms with Crippen molar-refractivity contribution in [1.82, 2.24) is 0 Å². The highest BCUT2D eigenvalue weighted by atomic mass is 31.2. The van der Waals surface area contributed by atoms with Crippen LogP contribution in [-0.4, -0.2) is 109 Å². The first kappa shape index (κ1) is 41.8. The molecule has 4 N–H and O–H groups in total. The minimum Gasteiger partial charge on any atom is -0.481 e. The van der Waals surface area contributed by atoms with Crippen LogP contribution >= 0.6 is 14.7 Å². The van der Waals surface area contributed by atoms with E-state index in [9.17, 15) is 38.5 Å². The Kier molecular flexibility index (Phi) is 18.9. The van der Waals surface area contributed by atoms with Gasteiger partial charge >= 0.3 is 23.9 Å². The molecule has 0 rings (SSSR count). The van der Waals surface area contributed by atoms with E-state index >= 15 is 0 Å². The van der Waals surface area contributed by atoms with Crippen molar-refractivity contribution >= 4 is 38.6 Å². The molecule has 0 amide bonds. The van der Waals surface area contributed by atoms with Crippen LogP contribution in [0.15, 0.2) is 24.3 Å². The van der Waals surface area contributed by atoms with Gasteiger partial charge < -0.3 is 38.9 Å². The molecular weight excluding hydrogens is 598 g/mol. The summed E-state index contributed by atoms with van der Waals surface area (Å²) in [5.74, 6) is -2.87. The van der Waals surface area contributed by atoms with E-state index < -0.39 is 49.4 Å². The molecule has 0 aromatic carbocycles. The number of aliphatic carboxylic acids is 1. The maximum atomic E-state index is 12.0. The molecule has 0 aliphatic carbocycles. The minimum atomic E-state index is -3.26. The summed E-state index contributed by atoms with van der Waals surface area (Å²) >= 11 is 0. The van der Waals surface area contributed by atoms with Crippen molar-refractivity contribution in [1.29, 1.82) is 0 Å². The van der Waals surface area contributed by atoms with E-state index in [4.69, 9.17) is 28.7 Å². The summed E-state index contributed by atoms with van der Waals surface area (Å²) in [4.78, 5) is 53.6. The third-order valence-corrected chi connectivity index (χ3v) is 8.06. The van der Waals surface area contributed by atoms with Gasteiger partial charge in [-0.1, -0.05) is 27.0 Å². The zero-order valence-electron chi connectivity index (χ0n) is 25.3. The Bertz CT molecular complexity index is 1050. The lowest BCUT2D eigenvalue weighted by atomic mass is 9.94. The smallest absolute Gasteiger partial charge is 0.333 e. The van der Waals surface area contributed by atoms with Crippen molar-refractivity contribution < 1.29 is 67.3 Å². The Morgan fingerprint density at radius 2 is 1.14 bits per heavy atom. The van der Waals surface area contributed by atoms with E-state index in [0.717, 1.165) is 6.66 Å². The van der Waals surface area contributed by atoms with Gasteiger partial charge in [-0.15, -0.1) is 0 Å². The lowest BCUT2D eigenvalue weighted by Gasteiger charge is -2.28. The summed E-state index contributed by atoms with van der Waals surface area (Å²) < 4.78 is 43.2. The maximum absolute atomic E-state index is 12.0. The maximum Gasteiger partial charge on any atom is 0.333 e. The summed E-state index contributed by atoms with van der Waals surface area (Å²) in [5, 5.41) is 27.3. The van der Waals surface area contributed by atoms with Gasteiger partial charge in [-0.25, -0.2) is 9.59 Å². The highest BCUT2D eigenvalue weighted by molar-refractivity contribution is 7.58. The number of carboxylic acid groups (broad SMARTS) is 1. The molecule has 14 nitrogen and oxygen atoms in total. The van der Waals surface area contributed by atoms with Gasteiger partial charge in [0.2, 0.25) is 7.37 Å². The number of hydrogen-bond donors (Lipinski definition) is 4. The largest absolute Gasteiger partial charge is 0.481 e. The van der Waals surface area contributed by atoms with E-state index in [-0.39, 0.29) is 76.0 Å². The van der Waals surface area contributed by atoms with Gasteiger partial charge in [-0.2, -0.15) is 0 Å². The van der Waals surface area contributed by atoms with Crippen LogP contribution in [-0.2, 0) is 47.0 Å². The highest BCUT2D eigenvalue weighted by Crippen LogP contribution is 2.44. The first-order valence-corrected chi connectivity index (χ1v) is 17.3. The van der Waals surface area contributed by atoms with Gasteiger partial charge in [0.25, 0.3) is 0 Å². The zero-order valence-corrected chi connectivity index (χ0v) is 27.0. The topological polar surface area (TPSA) is 220 Å². The number of rotatable bonds is 19. The number of carboxylic acids is 1.